The van der Waals surface area contributed by atoms with Crippen molar-refractivity contribution in [2.45, 2.75) is 57.8 Å². The van der Waals surface area contributed by atoms with Crippen molar-refractivity contribution < 1.29 is 23.3 Å². The average molecular weight is 426 g/mol. The molecule has 0 saturated carbocycles. The second-order valence-corrected chi connectivity index (χ2v) is 8.86. The quantitative estimate of drug-likeness (QED) is 0.662. The van der Waals surface area contributed by atoms with Crippen molar-refractivity contribution >= 4 is 24.4 Å². The molecule has 3 N–H and O–H groups in total. The molecule has 1 atom stereocenters. The molecule has 3 rings (SSSR count). The molecule has 1 fully saturated rings. The first-order chi connectivity index (χ1) is 14.5. The maximum atomic E-state index is 13.3. The van der Waals surface area contributed by atoms with Gasteiger partial charge < -0.3 is 20.4 Å². The molecule has 1 saturated heterocycles. The zero-order valence-corrected chi connectivity index (χ0v) is 18.3. The Balaban J connectivity index is 1.63. The number of nitrogens with one attached hydrogen (secondary N) is 1. The maximum Gasteiger partial charge on any atom is 0.494 e. The fraction of sp³-hybridized carbons (Fsp3) is 0.391. The number of benzene rings is 2. The molecule has 0 unspecified atom stereocenters. The summed E-state index contributed by atoms with van der Waals surface area (Å²) in [5, 5.41) is 2.64. The zero-order valence-electron chi connectivity index (χ0n) is 18.3. The van der Waals surface area contributed by atoms with Gasteiger partial charge in [-0.05, 0) is 56.4 Å². The summed E-state index contributed by atoms with van der Waals surface area (Å²) in [7, 11) is -0.475. The Morgan fingerprint density at radius 3 is 2.19 bits per heavy atom. The van der Waals surface area contributed by atoms with E-state index < -0.39 is 42.0 Å². The molecule has 0 spiro atoms. The van der Waals surface area contributed by atoms with Crippen molar-refractivity contribution in [3.05, 3.63) is 65.5 Å². The van der Waals surface area contributed by atoms with E-state index in [1.54, 1.807) is 6.07 Å². The van der Waals surface area contributed by atoms with Crippen LogP contribution >= 0.6 is 0 Å². The van der Waals surface area contributed by atoms with Crippen LogP contribution in [-0.4, -0.2) is 36.2 Å². The fourth-order valence-corrected chi connectivity index (χ4v) is 3.33. The summed E-state index contributed by atoms with van der Waals surface area (Å²) in [6, 6.07) is 12.4. The second kappa shape index (κ2) is 8.81. The number of nitrogens with two attached hydrogens (primary N) is 1. The highest BCUT2D eigenvalue weighted by molar-refractivity contribution is 6.62. The van der Waals surface area contributed by atoms with Crippen LogP contribution in [0, 0.1) is 5.82 Å². The summed E-state index contributed by atoms with van der Waals surface area (Å²) in [6.07, 6.45) is 0.205. The summed E-state index contributed by atoms with van der Waals surface area (Å²) >= 11 is 0. The molecule has 1 aliphatic rings. The number of rotatable bonds is 7. The standard InChI is InChI=1S/C23H28BFN2O4/c1-22(2)23(3,4)31-24(30-22)17-10-8-15(9-11-17)13-19(21(26)29)27-20(28)14-16-6-5-7-18(25)12-16/h5-12,19H,13-14H2,1-4H3,(H2,26,29)(H,27,28)/t19-/m1/s1. The lowest BCUT2D eigenvalue weighted by Gasteiger charge is -2.32. The van der Waals surface area contributed by atoms with Gasteiger partial charge in [0.25, 0.3) is 0 Å². The minimum atomic E-state index is -0.872. The Kier molecular flexibility index (Phi) is 6.52. The lowest BCUT2D eigenvalue weighted by atomic mass is 9.78. The Hall–Kier alpha value is -2.71. The van der Waals surface area contributed by atoms with E-state index in [0.717, 1.165) is 11.0 Å². The molecule has 6 nitrogen and oxygen atoms in total. The van der Waals surface area contributed by atoms with Crippen molar-refractivity contribution in [1.82, 2.24) is 5.32 Å². The lowest BCUT2D eigenvalue weighted by molar-refractivity contribution is -0.127. The van der Waals surface area contributed by atoms with Crippen molar-refractivity contribution in [3.63, 3.8) is 0 Å². The first kappa shape index (κ1) is 23.0. The number of carbonyl (C=O) groups excluding carboxylic acids is 2. The van der Waals surface area contributed by atoms with Crippen LogP contribution in [0.3, 0.4) is 0 Å². The highest BCUT2D eigenvalue weighted by Crippen LogP contribution is 2.36. The summed E-state index contributed by atoms with van der Waals surface area (Å²) in [5.74, 6) is -1.45. The second-order valence-electron chi connectivity index (χ2n) is 8.86. The Morgan fingerprint density at radius 2 is 1.65 bits per heavy atom. The predicted molar refractivity (Wildman–Crippen MR) is 117 cm³/mol. The summed E-state index contributed by atoms with van der Waals surface area (Å²) in [4.78, 5) is 24.2. The van der Waals surface area contributed by atoms with Crippen LogP contribution in [0.5, 0.6) is 0 Å². The first-order valence-corrected chi connectivity index (χ1v) is 10.2. The molecule has 1 heterocycles. The van der Waals surface area contributed by atoms with Gasteiger partial charge in [-0.15, -0.1) is 0 Å². The predicted octanol–water partition coefficient (Wildman–Crippen LogP) is 1.88. The molecule has 164 valence electrons. The molecular weight excluding hydrogens is 398 g/mol. The van der Waals surface area contributed by atoms with E-state index in [0.29, 0.717) is 5.56 Å². The molecule has 0 aromatic heterocycles. The van der Waals surface area contributed by atoms with Gasteiger partial charge in [0.15, 0.2) is 0 Å². The number of hydrogen-bond acceptors (Lipinski definition) is 4. The SMILES string of the molecule is CC1(C)OB(c2ccc(C[C@@H](NC(=O)Cc3cccc(F)c3)C(N)=O)cc2)OC1(C)C. The molecule has 2 aromatic rings. The van der Waals surface area contributed by atoms with Gasteiger partial charge in [-0.3, -0.25) is 9.59 Å². The molecule has 0 radical (unpaired) electrons. The van der Waals surface area contributed by atoms with Crippen molar-refractivity contribution in [2.24, 2.45) is 5.73 Å². The minimum Gasteiger partial charge on any atom is -0.399 e. The smallest absolute Gasteiger partial charge is 0.399 e. The minimum absolute atomic E-state index is 0.0393. The van der Waals surface area contributed by atoms with Gasteiger partial charge in [0.2, 0.25) is 11.8 Å². The van der Waals surface area contributed by atoms with E-state index >= 15 is 0 Å². The van der Waals surface area contributed by atoms with E-state index in [-0.39, 0.29) is 12.8 Å². The van der Waals surface area contributed by atoms with Gasteiger partial charge in [0, 0.05) is 6.42 Å². The number of primary amides is 1. The number of halogens is 1. The van der Waals surface area contributed by atoms with Gasteiger partial charge in [-0.2, -0.15) is 0 Å². The highest BCUT2D eigenvalue weighted by Gasteiger charge is 2.51. The normalized spacial score (nSPS) is 17.9. The molecular formula is C23H28BFN2O4. The number of amides is 2. The summed E-state index contributed by atoms with van der Waals surface area (Å²) in [5.41, 5.74) is 6.84. The van der Waals surface area contributed by atoms with Crippen molar-refractivity contribution in [1.29, 1.82) is 0 Å². The van der Waals surface area contributed by atoms with Crippen LogP contribution in [0.1, 0.15) is 38.8 Å². The van der Waals surface area contributed by atoms with Gasteiger partial charge in [0.1, 0.15) is 11.9 Å². The highest BCUT2D eigenvalue weighted by atomic mass is 19.1. The zero-order chi connectivity index (χ0) is 22.8. The van der Waals surface area contributed by atoms with Crippen LogP contribution in [0.2, 0.25) is 0 Å². The largest absolute Gasteiger partial charge is 0.494 e. The topological polar surface area (TPSA) is 90.6 Å². The van der Waals surface area contributed by atoms with Gasteiger partial charge in [-0.1, -0.05) is 36.4 Å². The van der Waals surface area contributed by atoms with E-state index in [2.05, 4.69) is 5.32 Å². The van der Waals surface area contributed by atoms with Crippen molar-refractivity contribution in [3.8, 4) is 0 Å². The van der Waals surface area contributed by atoms with E-state index in [1.807, 2.05) is 52.0 Å². The maximum absolute atomic E-state index is 13.3. The first-order valence-electron chi connectivity index (χ1n) is 10.2. The molecule has 0 bridgehead atoms. The van der Waals surface area contributed by atoms with E-state index in [4.69, 9.17) is 15.0 Å². The Labute approximate surface area is 182 Å². The fourth-order valence-electron chi connectivity index (χ4n) is 3.33. The van der Waals surface area contributed by atoms with Crippen LogP contribution < -0.4 is 16.5 Å². The molecule has 0 aliphatic carbocycles. The number of hydrogen-bond donors (Lipinski definition) is 2. The van der Waals surface area contributed by atoms with Crippen molar-refractivity contribution in [2.75, 3.05) is 0 Å². The summed E-state index contributed by atoms with van der Waals surface area (Å²) < 4.78 is 25.4. The third kappa shape index (κ3) is 5.51. The Morgan fingerprint density at radius 1 is 1.03 bits per heavy atom. The van der Waals surface area contributed by atoms with Gasteiger partial charge >= 0.3 is 7.12 Å². The van der Waals surface area contributed by atoms with Gasteiger partial charge in [0.05, 0.1) is 17.6 Å². The molecule has 31 heavy (non-hydrogen) atoms. The van der Waals surface area contributed by atoms with Gasteiger partial charge in [-0.25, -0.2) is 4.39 Å². The van der Waals surface area contributed by atoms with Crippen LogP contribution in [-0.2, 0) is 31.7 Å². The van der Waals surface area contributed by atoms with Crippen LogP contribution in [0.4, 0.5) is 4.39 Å². The monoisotopic (exact) mass is 426 g/mol. The number of carbonyl (C=O) groups is 2. The van der Waals surface area contributed by atoms with Crippen LogP contribution in [0.25, 0.3) is 0 Å². The molecule has 8 heteroatoms. The van der Waals surface area contributed by atoms with Crippen LogP contribution in [0.15, 0.2) is 48.5 Å². The third-order valence-electron chi connectivity index (χ3n) is 5.88. The van der Waals surface area contributed by atoms with E-state index in [1.165, 1.54) is 18.2 Å². The van der Waals surface area contributed by atoms with E-state index in [9.17, 15) is 14.0 Å². The lowest BCUT2D eigenvalue weighted by Crippen LogP contribution is -2.46. The Bertz CT molecular complexity index is 946. The molecule has 2 amide bonds. The average Bonchev–Trinajstić information content (AvgIpc) is 2.89. The molecule has 1 aliphatic heterocycles. The summed E-state index contributed by atoms with van der Waals surface area (Å²) in [6.45, 7) is 7.97. The molecule has 2 aromatic carbocycles. The third-order valence-corrected chi connectivity index (χ3v) is 5.88.